The Labute approximate surface area is 481 Å². The van der Waals surface area contributed by atoms with Crippen molar-refractivity contribution in [1.82, 2.24) is 5.32 Å². The molecule has 0 aromatic carbocycles. The third-order valence-electron chi connectivity index (χ3n) is 16.2. The van der Waals surface area contributed by atoms with Crippen LogP contribution >= 0.6 is 0 Å². The van der Waals surface area contributed by atoms with Gasteiger partial charge in [0, 0.05) is 12.8 Å². The molecule has 0 aliphatic rings. The van der Waals surface area contributed by atoms with Crippen molar-refractivity contribution in [2.75, 3.05) is 13.2 Å². The largest absolute Gasteiger partial charge is 0.466 e. The van der Waals surface area contributed by atoms with Crippen LogP contribution in [0, 0.1) is 0 Å². The molecule has 0 saturated heterocycles. The van der Waals surface area contributed by atoms with Gasteiger partial charge in [-0.25, -0.2) is 0 Å². The zero-order chi connectivity index (χ0) is 55.7. The number of amides is 1. The van der Waals surface area contributed by atoms with Crippen LogP contribution in [0.5, 0.6) is 0 Å². The molecule has 0 radical (unpaired) electrons. The number of aliphatic hydroxyl groups is 2. The monoisotopic (exact) mass is 1080 g/mol. The minimum absolute atomic E-state index is 0.00572. The molecule has 0 saturated carbocycles. The van der Waals surface area contributed by atoms with E-state index in [1.165, 1.54) is 295 Å². The van der Waals surface area contributed by atoms with E-state index in [0.29, 0.717) is 25.9 Å². The van der Waals surface area contributed by atoms with Gasteiger partial charge in [0.25, 0.3) is 0 Å². The van der Waals surface area contributed by atoms with Crippen LogP contribution in [0.15, 0.2) is 36.5 Å². The van der Waals surface area contributed by atoms with Gasteiger partial charge in [0.15, 0.2) is 0 Å². The summed E-state index contributed by atoms with van der Waals surface area (Å²) in [4.78, 5) is 24.6. The van der Waals surface area contributed by atoms with E-state index >= 15 is 0 Å². The topological polar surface area (TPSA) is 95.9 Å². The first-order valence-electron chi connectivity index (χ1n) is 34.7. The smallest absolute Gasteiger partial charge is 0.305 e. The molecule has 6 nitrogen and oxygen atoms in total. The lowest BCUT2D eigenvalue weighted by Crippen LogP contribution is -2.45. The molecule has 6 heteroatoms. The molecule has 0 bridgehead atoms. The first-order valence-corrected chi connectivity index (χ1v) is 34.7. The standard InChI is InChI=1S/C71H135NO5/c1-3-5-7-9-11-13-15-17-19-21-31-35-39-43-47-51-55-59-63-69(74)68(67-73)72-70(75)64-60-56-52-48-44-40-36-32-29-27-25-23-24-26-28-30-34-38-42-46-50-54-58-62-66-77-71(76)65-61-57-53-49-45-41-37-33-22-20-18-16-14-12-10-8-6-4-2/h14,16,20,22,25,27,68-69,73-74H,3-13,15,17-19,21,23-24,26,28-67H2,1-2H3,(H,72,75)/b16-14-,22-20-,27-25-. The van der Waals surface area contributed by atoms with Gasteiger partial charge in [0.05, 0.1) is 25.4 Å². The van der Waals surface area contributed by atoms with Crippen LogP contribution in [-0.2, 0) is 14.3 Å². The lowest BCUT2D eigenvalue weighted by atomic mass is 10.0. The average molecular weight is 1080 g/mol. The molecule has 0 aliphatic carbocycles. The minimum atomic E-state index is -0.668. The fraction of sp³-hybridized carbons (Fsp3) is 0.887. The van der Waals surface area contributed by atoms with Crippen molar-refractivity contribution >= 4 is 11.9 Å². The fourth-order valence-electron chi connectivity index (χ4n) is 10.8. The Morgan fingerprint density at radius 3 is 1.01 bits per heavy atom. The van der Waals surface area contributed by atoms with E-state index in [9.17, 15) is 19.8 Å². The predicted molar refractivity (Wildman–Crippen MR) is 338 cm³/mol. The lowest BCUT2D eigenvalue weighted by molar-refractivity contribution is -0.143. The van der Waals surface area contributed by atoms with Crippen molar-refractivity contribution in [3.05, 3.63) is 36.5 Å². The summed E-state index contributed by atoms with van der Waals surface area (Å²) in [5.74, 6) is -0.0308. The van der Waals surface area contributed by atoms with Gasteiger partial charge in [-0.15, -0.1) is 0 Å². The van der Waals surface area contributed by atoms with Crippen molar-refractivity contribution in [1.29, 1.82) is 0 Å². The van der Waals surface area contributed by atoms with Crippen molar-refractivity contribution in [2.24, 2.45) is 0 Å². The highest BCUT2D eigenvalue weighted by Gasteiger charge is 2.20. The highest BCUT2D eigenvalue weighted by molar-refractivity contribution is 5.76. The van der Waals surface area contributed by atoms with E-state index < -0.39 is 12.1 Å². The maximum Gasteiger partial charge on any atom is 0.305 e. The number of ether oxygens (including phenoxy) is 1. The summed E-state index contributed by atoms with van der Waals surface area (Å²) >= 11 is 0. The molecule has 0 fully saturated rings. The highest BCUT2D eigenvalue weighted by Crippen LogP contribution is 2.18. The van der Waals surface area contributed by atoms with Gasteiger partial charge in [0.1, 0.15) is 0 Å². The molecule has 2 atom stereocenters. The second-order valence-electron chi connectivity index (χ2n) is 23.9. The number of carbonyl (C=O) groups excluding carboxylic acids is 2. The van der Waals surface area contributed by atoms with E-state index in [4.69, 9.17) is 4.74 Å². The quantitative estimate of drug-likeness (QED) is 0.0320. The number of hydrogen-bond donors (Lipinski definition) is 3. The van der Waals surface area contributed by atoms with Crippen LogP contribution in [0.3, 0.4) is 0 Å². The first-order chi connectivity index (χ1) is 38.0. The van der Waals surface area contributed by atoms with Crippen molar-refractivity contribution < 1.29 is 24.5 Å². The van der Waals surface area contributed by atoms with E-state index in [-0.39, 0.29) is 18.5 Å². The van der Waals surface area contributed by atoms with Gasteiger partial charge in [0.2, 0.25) is 5.91 Å². The average Bonchev–Trinajstić information content (AvgIpc) is 3.43. The Morgan fingerprint density at radius 2 is 0.649 bits per heavy atom. The van der Waals surface area contributed by atoms with Gasteiger partial charge in [-0.3, -0.25) is 9.59 Å². The number of nitrogens with one attached hydrogen (secondary N) is 1. The maximum absolute atomic E-state index is 12.5. The van der Waals surface area contributed by atoms with Gasteiger partial charge >= 0.3 is 5.97 Å². The molecule has 0 aliphatic heterocycles. The van der Waals surface area contributed by atoms with Gasteiger partial charge < -0.3 is 20.3 Å². The fourth-order valence-corrected chi connectivity index (χ4v) is 10.8. The molecule has 1 amide bonds. The Hall–Kier alpha value is -1.92. The first kappa shape index (κ1) is 75.1. The summed E-state index contributed by atoms with van der Waals surface area (Å²) in [7, 11) is 0. The molecular formula is C71H135NO5. The normalized spacial score (nSPS) is 12.7. The third kappa shape index (κ3) is 63.1. The summed E-state index contributed by atoms with van der Waals surface area (Å²) in [5, 5.41) is 23.4. The van der Waals surface area contributed by atoms with E-state index in [1.54, 1.807) is 0 Å². The second-order valence-corrected chi connectivity index (χ2v) is 23.9. The maximum atomic E-state index is 12.5. The number of allylic oxidation sites excluding steroid dienone is 6. The second kappa shape index (κ2) is 66.6. The molecule has 0 aromatic rings. The van der Waals surface area contributed by atoms with Crippen LogP contribution in [0.25, 0.3) is 0 Å². The molecular weight excluding hydrogens is 947 g/mol. The van der Waals surface area contributed by atoms with Crippen LogP contribution in [0.1, 0.15) is 380 Å². The number of aliphatic hydroxyl groups excluding tert-OH is 2. The number of hydrogen-bond acceptors (Lipinski definition) is 5. The van der Waals surface area contributed by atoms with E-state index in [1.807, 2.05) is 0 Å². The van der Waals surface area contributed by atoms with Crippen molar-refractivity contribution in [3.8, 4) is 0 Å². The highest BCUT2D eigenvalue weighted by atomic mass is 16.5. The number of carbonyl (C=O) groups is 2. The molecule has 0 aromatic heterocycles. The Morgan fingerprint density at radius 1 is 0.364 bits per heavy atom. The number of esters is 1. The van der Waals surface area contributed by atoms with Crippen molar-refractivity contribution in [2.45, 2.75) is 392 Å². The van der Waals surface area contributed by atoms with Gasteiger partial charge in [-0.1, -0.05) is 320 Å². The minimum Gasteiger partial charge on any atom is -0.466 e. The van der Waals surface area contributed by atoms with E-state index in [2.05, 4.69) is 55.6 Å². The van der Waals surface area contributed by atoms with Crippen molar-refractivity contribution in [3.63, 3.8) is 0 Å². The predicted octanol–water partition coefficient (Wildman–Crippen LogP) is 22.3. The molecule has 0 rings (SSSR count). The van der Waals surface area contributed by atoms with Gasteiger partial charge in [-0.2, -0.15) is 0 Å². The summed E-state index contributed by atoms with van der Waals surface area (Å²) < 4.78 is 5.50. The zero-order valence-electron chi connectivity index (χ0n) is 52.0. The van der Waals surface area contributed by atoms with Gasteiger partial charge in [-0.05, 0) is 83.5 Å². The lowest BCUT2D eigenvalue weighted by Gasteiger charge is -2.22. The van der Waals surface area contributed by atoms with Crippen LogP contribution in [0.4, 0.5) is 0 Å². The van der Waals surface area contributed by atoms with E-state index in [0.717, 1.165) is 51.4 Å². The Kier molecular flexibility index (Phi) is 64.9. The summed E-state index contributed by atoms with van der Waals surface area (Å²) in [6.07, 6.45) is 84.6. The third-order valence-corrected chi connectivity index (χ3v) is 16.2. The molecule has 3 N–H and O–H groups in total. The van der Waals surface area contributed by atoms with Crippen LogP contribution in [-0.4, -0.2) is 47.4 Å². The van der Waals surface area contributed by atoms with Crippen LogP contribution in [0.2, 0.25) is 0 Å². The molecule has 0 heterocycles. The summed E-state index contributed by atoms with van der Waals surface area (Å²) in [6.45, 7) is 4.96. The number of unbranched alkanes of at least 4 members (excludes halogenated alkanes) is 48. The summed E-state index contributed by atoms with van der Waals surface area (Å²) in [6, 6.07) is -0.546. The summed E-state index contributed by atoms with van der Waals surface area (Å²) in [5.41, 5.74) is 0. The SMILES string of the molecule is CCCCCC/C=C\C/C=C\CCCCCCCCCC(=O)OCCCCCCCCCCCCCC/C=C\CCCCCCCCCCC(=O)NC(CO)C(O)CCCCCCCCCCCCCCCCCCCC. The molecule has 0 spiro atoms. The molecule has 77 heavy (non-hydrogen) atoms. The number of rotatable bonds is 65. The van der Waals surface area contributed by atoms with Crippen LogP contribution < -0.4 is 5.32 Å². The molecule has 454 valence electrons. The molecule has 2 unspecified atom stereocenters. The Bertz CT molecular complexity index is 1250. The zero-order valence-corrected chi connectivity index (χ0v) is 52.0. The Balaban J connectivity index is 3.40.